The van der Waals surface area contributed by atoms with E-state index < -0.39 is 0 Å². The van der Waals surface area contributed by atoms with Crippen molar-refractivity contribution in [1.82, 2.24) is 4.90 Å². The fourth-order valence-electron chi connectivity index (χ4n) is 3.24. The fourth-order valence-corrected chi connectivity index (χ4v) is 3.24. The van der Waals surface area contributed by atoms with E-state index in [1.807, 2.05) is 6.07 Å². The second-order valence-corrected chi connectivity index (χ2v) is 5.87. The van der Waals surface area contributed by atoms with Gasteiger partial charge in [-0.25, -0.2) is 0 Å². The summed E-state index contributed by atoms with van der Waals surface area (Å²) in [6, 6.07) is 6.33. The molecule has 0 amide bonds. The first-order chi connectivity index (χ1) is 10.2. The normalized spacial score (nSPS) is 27.4. The van der Waals surface area contributed by atoms with Gasteiger partial charge in [0.15, 0.2) is 11.5 Å². The molecule has 1 unspecified atom stereocenters. The third-order valence-corrected chi connectivity index (χ3v) is 4.06. The van der Waals surface area contributed by atoms with Gasteiger partial charge in [-0.2, -0.15) is 0 Å². The number of nitrogens with two attached hydrogens (primary N) is 1. The monoisotopic (exact) mass is 292 g/mol. The van der Waals surface area contributed by atoms with E-state index in [1.54, 1.807) is 0 Å². The molecule has 2 aliphatic heterocycles. The number of benzene rings is 1. The Bertz CT molecular complexity index is 484. The summed E-state index contributed by atoms with van der Waals surface area (Å²) in [5.74, 6) is 1.65. The molecule has 2 aliphatic rings. The molecule has 0 bridgehead atoms. The van der Waals surface area contributed by atoms with Crippen LogP contribution in [0.4, 0.5) is 0 Å². The van der Waals surface area contributed by atoms with Gasteiger partial charge in [0.2, 0.25) is 0 Å². The fraction of sp³-hybridized carbons (Fsp3) is 0.625. The Morgan fingerprint density at radius 3 is 2.48 bits per heavy atom. The zero-order valence-corrected chi connectivity index (χ0v) is 12.7. The minimum Gasteiger partial charge on any atom is -0.486 e. The van der Waals surface area contributed by atoms with Crippen LogP contribution in [0.5, 0.6) is 11.5 Å². The van der Waals surface area contributed by atoms with Gasteiger partial charge >= 0.3 is 0 Å². The molecule has 1 aromatic carbocycles. The van der Waals surface area contributed by atoms with Crippen molar-refractivity contribution in [3.8, 4) is 11.5 Å². The molecule has 0 aliphatic carbocycles. The van der Waals surface area contributed by atoms with Crippen molar-refractivity contribution in [1.29, 1.82) is 0 Å². The van der Waals surface area contributed by atoms with Crippen molar-refractivity contribution in [2.24, 2.45) is 5.73 Å². The third-order valence-electron chi connectivity index (χ3n) is 4.06. The molecular formula is C16H24N2O3. The van der Waals surface area contributed by atoms with Crippen LogP contribution in [0, 0.1) is 0 Å². The lowest BCUT2D eigenvalue weighted by atomic mass is 10.0. The smallest absolute Gasteiger partial charge is 0.161 e. The molecule has 3 atom stereocenters. The second kappa shape index (κ2) is 6.22. The van der Waals surface area contributed by atoms with Gasteiger partial charge < -0.3 is 19.9 Å². The molecule has 5 heteroatoms. The highest BCUT2D eigenvalue weighted by Crippen LogP contribution is 2.34. The lowest BCUT2D eigenvalue weighted by Gasteiger charge is -2.40. The number of rotatable bonds is 3. The maximum Gasteiger partial charge on any atom is 0.161 e. The van der Waals surface area contributed by atoms with Crippen molar-refractivity contribution in [2.45, 2.75) is 32.1 Å². The number of hydrogen-bond donors (Lipinski definition) is 1. The van der Waals surface area contributed by atoms with E-state index in [1.165, 1.54) is 5.56 Å². The zero-order chi connectivity index (χ0) is 14.8. The molecule has 5 nitrogen and oxygen atoms in total. The van der Waals surface area contributed by atoms with Gasteiger partial charge in [-0.1, -0.05) is 6.07 Å². The molecule has 3 rings (SSSR count). The summed E-state index contributed by atoms with van der Waals surface area (Å²) in [6.45, 7) is 7.83. The maximum atomic E-state index is 6.05. The highest BCUT2D eigenvalue weighted by Gasteiger charge is 2.28. The van der Waals surface area contributed by atoms with Crippen LogP contribution in [0.2, 0.25) is 0 Å². The first-order valence-corrected chi connectivity index (χ1v) is 7.66. The average Bonchev–Trinajstić information content (AvgIpc) is 2.47. The van der Waals surface area contributed by atoms with Gasteiger partial charge in [0.05, 0.1) is 12.2 Å². The SMILES string of the molecule is C[C@@H]1CN(C(CN)c2ccc3c(c2)OCCO3)C[C@H](C)O1. The van der Waals surface area contributed by atoms with Gasteiger partial charge in [-0.05, 0) is 31.5 Å². The van der Waals surface area contributed by atoms with Crippen LogP contribution in [-0.2, 0) is 4.74 Å². The van der Waals surface area contributed by atoms with E-state index in [9.17, 15) is 0 Å². The quantitative estimate of drug-likeness (QED) is 0.916. The summed E-state index contributed by atoms with van der Waals surface area (Å²) in [4.78, 5) is 2.41. The third kappa shape index (κ3) is 3.15. The van der Waals surface area contributed by atoms with Gasteiger partial charge in [-0.15, -0.1) is 0 Å². The largest absolute Gasteiger partial charge is 0.486 e. The summed E-state index contributed by atoms with van der Waals surface area (Å²) in [6.07, 6.45) is 0.472. The molecule has 0 radical (unpaired) electrons. The van der Waals surface area contributed by atoms with E-state index in [2.05, 4.69) is 30.9 Å². The van der Waals surface area contributed by atoms with Gasteiger partial charge in [0, 0.05) is 25.7 Å². The Hall–Kier alpha value is -1.30. The van der Waals surface area contributed by atoms with Crippen molar-refractivity contribution in [3.63, 3.8) is 0 Å². The van der Waals surface area contributed by atoms with Crippen molar-refractivity contribution in [2.75, 3.05) is 32.8 Å². The zero-order valence-electron chi connectivity index (χ0n) is 12.7. The Kier molecular flexibility index (Phi) is 4.33. The standard InChI is InChI=1S/C16H24N2O3/c1-11-9-18(10-12(2)21-11)14(8-17)13-3-4-15-16(7-13)20-6-5-19-15/h3-4,7,11-12,14H,5-6,8-10,17H2,1-2H3/t11-,12+,14?. The highest BCUT2D eigenvalue weighted by atomic mass is 16.6. The molecule has 0 spiro atoms. The summed E-state index contributed by atoms with van der Waals surface area (Å²) in [5.41, 5.74) is 7.23. The van der Waals surface area contributed by atoms with Crippen molar-refractivity contribution < 1.29 is 14.2 Å². The van der Waals surface area contributed by atoms with E-state index in [-0.39, 0.29) is 18.2 Å². The van der Waals surface area contributed by atoms with E-state index in [0.717, 1.165) is 24.6 Å². The van der Waals surface area contributed by atoms with Crippen LogP contribution in [0.15, 0.2) is 18.2 Å². The molecule has 2 heterocycles. The Morgan fingerprint density at radius 1 is 1.14 bits per heavy atom. The van der Waals surface area contributed by atoms with Crippen molar-refractivity contribution in [3.05, 3.63) is 23.8 Å². The Labute approximate surface area is 126 Å². The molecule has 1 fully saturated rings. The molecule has 21 heavy (non-hydrogen) atoms. The van der Waals surface area contributed by atoms with Crippen LogP contribution in [0.3, 0.4) is 0 Å². The van der Waals surface area contributed by atoms with Gasteiger partial charge in [0.1, 0.15) is 13.2 Å². The summed E-state index contributed by atoms with van der Waals surface area (Å²) < 4.78 is 17.1. The first-order valence-electron chi connectivity index (χ1n) is 7.66. The maximum absolute atomic E-state index is 6.05. The summed E-state index contributed by atoms with van der Waals surface area (Å²) >= 11 is 0. The van der Waals surface area contributed by atoms with E-state index in [0.29, 0.717) is 19.8 Å². The molecule has 0 saturated carbocycles. The Morgan fingerprint density at radius 2 is 1.81 bits per heavy atom. The molecular weight excluding hydrogens is 268 g/mol. The van der Waals surface area contributed by atoms with Crippen LogP contribution >= 0.6 is 0 Å². The van der Waals surface area contributed by atoms with Gasteiger partial charge in [0.25, 0.3) is 0 Å². The first kappa shape index (κ1) is 14.6. The predicted molar refractivity (Wildman–Crippen MR) is 80.8 cm³/mol. The molecule has 0 aromatic heterocycles. The van der Waals surface area contributed by atoms with Gasteiger partial charge in [-0.3, -0.25) is 4.90 Å². The number of hydrogen-bond acceptors (Lipinski definition) is 5. The lowest BCUT2D eigenvalue weighted by molar-refractivity contribution is -0.0799. The lowest BCUT2D eigenvalue weighted by Crippen LogP contribution is -2.48. The van der Waals surface area contributed by atoms with Crippen LogP contribution < -0.4 is 15.2 Å². The van der Waals surface area contributed by atoms with E-state index >= 15 is 0 Å². The number of fused-ring (bicyclic) bond motifs is 1. The molecule has 116 valence electrons. The topological polar surface area (TPSA) is 57.0 Å². The van der Waals surface area contributed by atoms with Crippen LogP contribution in [0.1, 0.15) is 25.5 Å². The summed E-state index contributed by atoms with van der Waals surface area (Å²) in [7, 11) is 0. The predicted octanol–water partition coefficient (Wildman–Crippen LogP) is 1.57. The van der Waals surface area contributed by atoms with Crippen molar-refractivity contribution >= 4 is 0 Å². The molecule has 1 aromatic rings. The number of nitrogens with zero attached hydrogens (tertiary/aromatic N) is 1. The second-order valence-electron chi connectivity index (χ2n) is 5.87. The van der Waals surface area contributed by atoms with Crippen LogP contribution in [0.25, 0.3) is 0 Å². The minimum atomic E-state index is 0.189. The van der Waals surface area contributed by atoms with E-state index in [4.69, 9.17) is 19.9 Å². The number of ether oxygens (including phenoxy) is 3. The highest BCUT2D eigenvalue weighted by molar-refractivity contribution is 5.44. The summed E-state index contributed by atoms with van der Waals surface area (Å²) in [5, 5.41) is 0. The molecule has 1 saturated heterocycles. The average molecular weight is 292 g/mol. The molecule has 2 N–H and O–H groups in total. The minimum absolute atomic E-state index is 0.189. The van der Waals surface area contributed by atoms with Crippen LogP contribution in [-0.4, -0.2) is 50.0 Å². The number of morpholine rings is 1. The Balaban J connectivity index is 1.82.